The summed E-state index contributed by atoms with van der Waals surface area (Å²) >= 11 is 0. The number of hydrogen-bond acceptors (Lipinski definition) is 6. The Balaban J connectivity index is 2.02. The number of aryl methyl sites for hydroxylation is 1. The number of nitrogens with one attached hydrogen (secondary N) is 4. The third kappa shape index (κ3) is 6.48. The van der Waals surface area contributed by atoms with Gasteiger partial charge in [0.15, 0.2) is 0 Å². The standard InChI is InChI=1S/C24H33N5O4S/c1-16(2)15-26-24(31)19-6-8-22(29-11-9-25-10-12-29)21(14-19)28-34(32,33)23-13-17(3)5-7-20(23)27-18(4)30/h5-8,13-14,16,25,28H,9-12,15H2,1-4H3,(H,26,31)(H,27,30). The number of carbonyl (C=O) groups is 2. The van der Waals surface area contributed by atoms with E-state index in [1.165, 1.54) is 13.0 Å². The molecular formula is C24H33N5O4S. The van der Waals surface area contributed by atoms with Crippen LogP contribution in [0.2, 0.25) is 0 Å². The van der Waals surface area contributed by atoms with Crippen LogP contribution in [0.25, 0.3) is 0 Å². The second kappa shape index (κ2) is 10.9. The van der Waals surface area contributed by atoms with Crippen LogP contribution in [0.15, 0.2) is 41.3 Å². The van der Waals surface area contributed by atoms with Crippen molar-refractivity contribution in [2.24, 2.45) is 5.92 Å². The zero-order valence-electron chi connectivity index (χ0n) is 20.1. The Morgan fingerprint density at radius 2 is 1.76 bits per heavy atom. The van der Waals surface area contributed by atoms with E-state index in [1.807, 2.05) is 13.8 Å². The fourth-order valence-electron chi connectivity index (χ4n) is 3.68. The second-order valence-corrected chi connectivity index (χ2v) is 10.5. The first-order valence-corrected chi connectivity index (χ1v) is 12.8. The van der Waals surface area contributed by atoms with Crippen molar-refractivity contribution >= 4 is 38.9 Å². The van der Waals surface area contributed by atoms with Gasteiger partial charge in [0.1, 0.15) is 4.90 Å². The van der Waals surface area contributed by atoms with Gasteiger partial charge in [-0.1, -0.05) is 19.9 Å². The van der Waals surface area contributed by atoms with E-state index in [0.29, 0.717) is 36.6 Å². The van der Waals surface area contributed by atoms with Crippen molar-refractivity contribution < 1.29 is 18.0 Å². The molecule has 1 heterocycles. The summed E-state index contributed by atoms with van der Waals surface area (Å²) in [7, 11) is -4.08. The van der Waals surface area contributed by atoms with Crippen LogP contribution in [0.4, 0.5) is 17.1 Å². The molecule has 184 valence electrons. The molecule has 0 saturated carbocycles. The van der Waals surface area contributed by atoms with E-state index in [0.717, 1.165) is 18.7 Å². The smallest absolute Gasteiger partial charge is 0.264 e. The normalized spacial score (nSPS) is 14.1. The molecule has 2 aromatic carbocycles. The fourth-order valence-corrected chi connectivity index (χ4v) is 5.00. The van der Waals surface area contributed by atoms with Crippen molar-refractivity contribution in [2.45, 2.75) is 32.6 Å². The van der Waals surface area contributed by atoms with Gasteiger partial charge in [-0.05, 0) is 48.7 Å². The van der Waals surface area contributed by atoms with E-state index in [4.69, 9.17) is 0 Å². The maximum atomic E-state index is 13.5. The molecule has 2 aromatic rings. The van der Waals surface area contributed by atoms with Crippen LogP contribution in [0.5, 0.6) is 0 Å². The summed E-state index contributed by atoms with van der Waals surface area (Å²) in [5.41, 5.74) is 2.30. The molecule has 1 fully saturated rings. The summed E-state index contributed by atoms with van der Waals surface area (Å²) in [5, 5.41) is 8.74. The first-order valence-electron chi connectivity index (χ1n) is 11.4. The number of rotatable bonds is 8. The van der Waals surface area contributed by atoms with Crippen LogP contribution in [-0.2, 0) is 14.8 Å². The Kier molecular flexibility index (Phi) is 8.16. The minimum absolute atomic E-state index is 0.0383. The molecule has 34 heavy (non-hydrogen) atoms. The molecule has 2 amide bonds. The van der Waals surface area contributed by atoms with Crippen molar-refractivity contribution in [3.8, 4) is 0 Å². The number of amides is 2. The van der Waals surface area contributed by atoms with Gasteiger partial charge in [0.2, 0.25) is 5.91 Å². The Bertz CT molecular complexity index is 1160. The fraction of sp³-hybridized carbons (Fsp3) is 0.417. The van der Waals surface area contributed by atoms with Gasteiger partial charge in [-0.3, -0.25) is 14.3 Å². The number of sulfonamides is 1. The minimum atomic E-state index is -4.08. The highest BCUT2D eigenvalue weighted by molar-refractivity contribution is 7.93. The number of hydrogen-bond donors (Lipinski definition) is 4. The Labute approximate surface area is 201 Å². The zero-order valence-corrected chi connectivity index (χ0v) is 20.9. The van der Waals surface area contributed by atoms with Crippen LogP contribution >= 0.6 is 0 Å². The van der Waals surface area contributed by atoms with E-state index in [2.05, 4.69) is 25.6 Å². The SMILES string of the molecule is CC(=O)Nc1ccc(C)cc1S(=O)(=O)Nc1cc(C(=O)NCC(C)C)ccc1N1CCNCC1. The van der Waals surface area contributed by atoms with E-state index in [9.17, 15) is 18.0 Å². The lowest BCUT2D eigenvalue weighted by atomic mass is 10.1. The first kappa shape index (κ1) is 25.5. The van der Waals surface area contributed by atoms with Gasteiger partial charge in [-0.2, -0.15) is 0 Å². The number of piperazine rings is 1. The van der Waals surface area contributed by atoms with Crippen molar-refractivity contribution in [3.05, 3.63) is 47.5 Å². The lowest BCUT2D eigenvalue weighted by Gasteiger charge is -2.31. The molecule has 0 radical (unpaired) electrons. The third-order valence-electron chi connectivity index (χ3n) is 5.37. The predicted octanol–water partition coefficient (Wildman–Crippen LogP) is 2.55. The Hall–Kier alpha value is -3.11. The monoisotopic (exact) mass is 487 g/mol. The van der Waals surface area contributed by atoms with Crippen molar-refractivity contribution in [3.63, 3.8) is 0 Å². The highest BCUT2D eigenvalue weighted by atomic mass is 32.2. The van der Waals surface area contributed by atoms with E-state index in [-0.39, 0.29) is 28.3 Å². The molecule has 0 aliphatic carbocycles. The van der Waals surface area contributed by atoms with Gasteiger partial charge in [-0.15, -0.1) is 0 Å². The van der Waals surface area contributed by atoms with E-state index in [1.54, 1.807) is 37.3 Å². The van der Waals surface area contributed by atoms with Crippen molar-refractivity contribution in [2.75, 3.05) is 47.7 Å². The molecule has 4 N–H and O–H groups in total. The van der Waals surface area contributed by atoms with E-state index >= 15 is 0 Å². The minimum Gasteiger partial charge on any atom is -0.367 e. The molecule has 9 nitrogen and oxygen atoms in total. The first-order chi connectivity index (χ1) is 16.1. The van der Waals surface area contributed by atoms with Gasteiger partial charge >= 0.3 is 0 Å². The highest BCUT2D eigenvalue weighted by Crippen LogP contribution is 2.32. The molecule has 10 heteroatoms. The molecule has 1 aliphatic rings. The number of nitrogens with zero attached hydrogens (tertiary/aromatic N) is 1. The third-order valence-corrected chi connectivity index (χ3v) is 6.77. The molecule has 0 bridgehead atoms. The molecular weight excluding hydrogens is 454 g/mol. The number of anilines is 3. The van der Waals surface area contributed by atoms with E-state index < -0.39 is 10.0 Å². The quantitative estimate of drug-likeness (QED) is 0.454. The van der Waals surface area contributed by atoms with Crippen LogP contribution in [0.3, 0.4) is 0 Å². The summed E-state index contributed by atoms with van der Waals surface area (Å²) in [6.45, 7) is 10.6. The van der Waals surface area contributed by atoms with Gasteiger partial charge in [0, 0.05) is 45.2 Å². The Morgan fingerprint density at radius 1 is 1.06 bits per heavy atom. The zero-order chi connectivity index (χ0) is 24.9. The van der Waals surface area contributed by atoms with Crippen molar-refractivity contribution in [1.29, 1.82) is 0 Å². The maximum Gasteiger partial charge on any atom is 0.264 e. The second-order valence-electron chi connectivity index (χ2n) is 8.86. The largest absolute Gasteiger partial charge is 0.367 e. The average Bonchev–Trinajstić information content (AvgIpc) is 2.78. The molecule has 0 atom stereocenters. The molecule has 0 unspecified atom stereocenters. The predicted molar refractivity (Wildman–Crippen MR) is 135 cm³/mol. The number of carbonyl (C=O) groups excluding carboxylic acids is 2. The average molecular weight is 488 g/mol. The van der Waals surface area contributed by atoms with Crippen LogP contribution in [-0.4, -0.2) is 53.0 Å². The lowest BCUT2D eigenvalue weighted by molar-refractivity contribution is -0.114. The summed E-state index contributed by atoms with van der Waals surface area (Å²) in [6.07, 6.45) is 0. The number of benzene rings is 2. The molecule has 1 saturated heterocycles. The van der Waals surface area contributed by atoms with Gasteiger partial charge in [-0.25, -0.2) is 8.42 Å². The molecule has 1 aliphatic heterocycles. The lowest BCUT2D eigenvalue weighted by Crippen LogP contribution is -2.43. The molecule has 0 aromatic heterocycles. The Morgan fingerprint density at radius 3 is 2.41 bits per heavy atom. The molecule has 0 spiro atoms. The summed E-state index contributed by atoms with van der Waals surface area (Å²) in [5.74, 6) is -0.350. The molecule has 3 rings (SSSR count). The van der Waals surface area contributed by atoms with Crippen LogP contribution < -0.4 is 25.6 Å². The van der Waals surface area contributed by atoms with Crippen molar-refractivity contribution in [1.82, 2.24) is 10.6 Å². The van der Waals surface area contributed by atoms with Gasteiger partial charge in [0.25, 0.3) is 15.9 Å². The topological polar surface area (TPSA) is 120 Å². The van der Waals surface area contributed by atoms with Crippen LogP contribution in [0, 0.1) is 12.8 Å². The van der Waals surface area contributed by atoms with Gasteiger partial charge in [0.05, 0.1) is 17.1 Å². The van der Waals surface area contributed by atoms with Crippen LogP contribution in [0.1, 0.15) is 36.7 Å². The summed E-state index contributed by atoms with van der Waals surface area (Å²) in [4.78, 5) is 26.4. The van der Waals surface area contributed by atoms with Gasteiger partial charge < -0.3 is 20.9 Å². The summed E-state index contributed by atoms with van der Waals surface area (Å²) < 4.78 is 29.7. The summed E-state index contributed by atoms with van der Waals surface area (Å²) in [6, 6.07) is 9.86. The highest BCUT2D eigenvalue weighted by Gasteiger charge is 2.24. The maximum absolute atomic E-state index is 13.5.